The number of hydrogen-bond acceptors (Lipinski definition) is 5. The van der Waals surface area contributed by atoms with E-state index in [2.05, 4.69) is 6.92 Å². The summed E-state index contributed by atoms with van der Waals surface area (Å²) < 4.78 is 10.9. The van der Waals surface area contributed by atoms with Gasteiger partial charge >= 0.3 is 0 Å². The van der Waals surface area contributed by atoms with Crippen LogP contribution in [0.5, 0.6) is 5.75 Å². The van der Waals surface area contributed by atoms with E-state index in [0.29, 0.717) is 54.6 Å². The minimum absolute atomic E-state index is 0.304. The van der Waals surface area contributed by atoms with E-state index in [-0.39, 0.29) is 11.8 Å². The highest BCUT2D eigenvalue weighted by molar-refractivity contribution is 6.45. The number of imide groups is 1. The second-order valence-electron chi connectivity index (χ2n) is 6.99. The predicted octanol–water partition coefficient (Wildman–Crippen LogP) is 2.87. The zero-order chi connectivity index (χ0) is 20.4. The highest BCUT2D eigenvalue weighted by Crippen LogP contribution is 2.38. The molecular formula is C23H24N2O4. The van der Waals surface area contributed by atoms with Gasteiger partial charge in [-0.15, -0.1) is 0 Å². The average molecular weight is 392 g/mol. The zero-order valence-corrected chi connectivity index (χ0v) is 16.7. The van der Waals surface area contributed by atoms with Crippen LogP contribution in [0.25, 0.3) is 5.57 Å². The van der Waals surface area contributed by atoms with Gasteiger partial charge in [0.05, 0.1) is 31.6 Å². The lowest BCUT2D eigenvalue weighted by Crippen LogP contribution is -2.40. The molecule has 6 nitrogen and oxygen atoms in total. The highest BCUT2D eigenvalue weighted by Gasteiger charge is 2.43. The molecule has 2 heterocycles. The second kappa shape index (κ2) is 8.09. The summed E-state index contributed by atoms with van der Waals surface area (Å²) in [5.74, 6) is -0.0649. The van der Waals surface area contributed by atoms with E-state index >= 15 is 0 Å². The Morgan fingerprint density at radius 2 is 1.66 bits per heavy atom. The monoisotopic (exact) mass is 392 g/mol. The van der Waals surface area contributed by atoms with Crippen LogP contribution >= 0.6 is 0 Å². The third kappa shape index (κ3) is 3.40. The molecule has 0 saturated carbocycles. The van der Waals surface area contributed by atoms with E-state index in [9.17, 15) is 9.59 Å². The van der Waals surface area contributed by atoms with E-state index in [1.165, 1.54) is 4.90 Å². The van der Waals surface area contributed by atoms with Crippen molar-refractivity contribution in [2.75, 3.05) is 38.3 Å². The fourth-order valence-corrected chi connectivity index (χ4v) is 3.81. The van der Waals surface area contributed by atoms with Crippen molar-refractivity contribution in [1.29, 1.82) is 0 Å². The minimum atomic E-state index is -0.328. The molecular weight excluding hydrogens is 368 g/mol. The Labute approximate surface area is 170 Å². The van der Waals surface area contributed by atoms with Crippen LogP contribution in [0.3, 0.4) is 0 Å². The van der Waals surface area contributed by atoms with Gasteiger partial charge in [0.25, 0.3) is 11.8 Å². The largest absolute Gasteiger partial charge is 0.496 e. The van der Waals surface area contributed by atoms with Crippen LogP contribution in [0, 0.1) is 0 Å². The van der Waals surface area contributed by atoms with Crippen LogP contribution in [-0.4, -0.2) is 50.1 Å². The molecule has 29 heavy (non-hydrogen) atoms. The number of carbonyl (C=O) groups is 2. The molecule has 2 amide bonds. The Morgan fingerprint density at radius 3 is 2.31 bits per heavy atom. The summed E-state index contributed by atoms with van der Waals surface area (Å²) in [5, 5.41) is 0. The molecule has 0 radical (unpaired) electrons. The number of carbonyl (C=O) groups excluding carboxylic acids is 2. The zero-order valence-electron chi connectivity index (χ0n) is 16.7. The molecule has 150 valence electrons. The van der Waals surface area contributed by atoms with Crippen molar-refractivity contribution in [1.82, 2.24) is 4.90 Å². The predicted molar refractivity (Wildman–Crippen MR) is 111 cm³/mol. The van der Waals surface area contributed by atoms with E-state index < -0.39 is 0 Å². The molecule has 0 spiro atoms. The van der Waals surface area contributed by atoms with Crippen LogP contribution in [0.1, 0.15) is 18.1 Å². The first kappa shape index (κ1) is 19.2. The summed E-state index contributed by atoms with van der Waals surface area (Å²) >= 11 is 0. The molecule has 1 fully saturated rings. The number of amides is 2. The van der Waals surface area contributed by atoms with E-state index in [1.807, 2.05) is 47.4 Å². The fourth-order valence-electron chi connectivity index (χ4n) is 3.81. The van der Waals surface area contributed by atoms with Crippen molar-refractivity contribution in [2.24, 2.45) is 0 Å². The molecule has 4 rings (SSSR count). The SMILES string of the molecule is CCc1ccc(N2C(=O)C(c3ccccc3OC)=C(N3CCOCC3)C2=O)cc1. The molecule has 0 atom stereocenters. The first-order chi connectivity index (χ1) is 14.2. The molecule has 2 aliphatic heterocycles. The van der Waals surface area contributed by atoms with Gasteiger partial charge < -0.3 is 14.4 Å². The fraction of sp³-hybridized carbons (Fsp3) is 0.304. The van der Waals surface area contributed by atoms with Crippen molar-refractivity contribution in [3.63, 3.8) is 0 Å². The van der Waals surface area contributed by atoms with Crippen molar-refractivity contribution >= 4 is 23.1 Å². The molecule has 0 bridgehead atoms. The molecule has 0 unspecified atom stereocenters. The van der Waals surface area contributed by atoms with Gasteiger partial charge in [0.1, 0.15) is 11.4 Å². The quantitative estimate of drug-likeness (QED) is 0.733. The molecule has 0 N–H and O–H groups in total. The summed E-state index contributed by atoms with van der Waals surface area (Å²) in [7, 11) is 1.57. The van der Waals surface area contributed by atoms with Gasteiger partial charge in [-0.25, -0.2) is 4.90 Å². The van der Waals surface area contributed by atoms with Crippen LogP contribution in [0.15, 0.2) is 54.2 Å². The molecule has 2 aromatic carbocycles. The lowest BCUT2D eigenvalue weighted by Gasteiger charge is -2.29. The molecule has 2 aliphatic rings. The van der Waals surface area contributed by atoms with Crippen molar-refractivity contribution in [2.45, 2.75) is 13.3 Å². The third-order valence-electron chi connectivity index (χ3n) is 5.37. The van der Waals surface area contributed by atoms with Gasteiger partial charge in [-0.1, -0.05) is 37.3 Å². The number of morpholine rings is 1. The number of aryl methyl sites for hydroxylation is 1. The average Bonchev–Trinajstić information content (AvgIpc) is 3.04. The van der Waals surface area contributed by atoms with E-state index in [4.69, 9.17) is 9.47 Å². The number of ether oxygens (including phenoxy) is 2. The normalized spacial score (nSPS) is 17.3. The molecule has 0 aliphatic carbocycles. The van der Waals surface area contributed by atoms with Crippen LogP contribution < -0.4 is 9.64 Å². The minimum Gasteiger partial charge on any atom is -0.496 e. The van der Waals surface area contributed by atoms with Crippen LogP contribution in [0.4, 0.5) is 5.69 Å². The maximum Gasteiger partial charge on any atom is 0.282 e. The van der Waals surface area contributed by atoms with Crippen molar-refractivity contribution in [3.8, 4) is 5.75 Å². The van der Waals surface area contributed by atoms with Gasteiger partial charge in [-0.2, -0.15) is 0 Å². The Hall–Kier alpha value is -3.12. The number of para-hydroxylation sites is 1. The summed E-state index contributed by atoms with van der Waals surface area (Å²) in [6.45, 7) is 4.25. The third-order valence-corrected chi connectivity index (χ3v) is 5.37. The molecule has 1 saturated heterocycles. The molecule has 0 aromatic heterocycles. The smallest absolute Gasteiger partial charge is 0.282 e. The number of methoxy groups -OCH3 is 1. The topological polar surface area (TPSA) is 59.1 Å². The summed E-state index contributed by atoms with van der Waals surface area (Å²) in [6, 6.07) is 14.9. The van der Waals surface area contributed by atoms with E-state index in [0.717, 1.165) is 12.0 Å². The Kier molecular flexibility index (Phi) is 5.36. The van der Waals surface area contributed by atoms with Crippen LogP contribution in [-0.2, 0) is 20.7 Å². The van der Waals surface area contributed by atoms with Crippen molar-refractivity contribution in [3.05, 3.63) is 65.4 Å². The Bertz CT molecular complexity index is 959. The van der Waals surface area contributed by atoms with Gasteiger partial charge in [-0.05, 0) is 30.2 Å². The van der Waals surface area contributed by atoms with Gasteiger partial charge in [0, 0.05) is 18.7 Å². The van der Waals surface area contributed by atoms with Gasteiger partial charge in [0.15, 0.2) is 0 Å². The molecule has 6 heteroatoms. The Balaban J connectivity index is 1.83. The van der Waals surface area contributed by atoms with Gasteiger partial charge in [-0.3, -0.25) is 9.59 Å². The molecule has 2 aromatic rings. The van der Waals surface area contributed by atoms with Crippen molar-refractivity contribution < 1.29 is 19.1 Å². The van der Waals surface area contributed by atoms with Gasteiger partial charge in [0.2, 0.25) is 0 Å². The maximum atomic E-state index is 13.5. The lowest BCUT2D eigenvalue weighted by molar-refractivity contribution is -0.121. The number of benzene rings is 2. The van der Waals surface area contributed by atoms with E-state index in [1.54, 1.807) is 13.2 Å². The maximum absolute atomic E-state index is 13.5. The second-order valence-corrected chi connectivity index (χ2v) is 6.99. The standard InChI is InChI=1S/C23H24N2O4/c1-3-16-8-10-17(11-9-16)25-22(26)20(18-6-4-5-7-19(18)28-2)21(23(25)27)24-12-14-29-15-13-24/h4-11H,3,12-15H2,1-2H3. The summed E-state index contributed by atoms with van der Waals surface area (Å²) in [6.07, 6.45) is 0.895. The highest BCUT2D eigenvalue weighted by atomic mass is 16.5. The number of hydrogen-bond donors (Lipinski definition) is 0. The Morgan fingerprint density at radius 1 is 0.966 bits per heavy atom. The first-order valence-electron chi connectivity index (χ1n) is 9.83. The number of nitrogens with zero attached hydrogens (tertiary/aromatic N) is 2. The summed E-state index contributed by atoms with van der Waals surface area (Å²) in [5.41, 5.74) is 3.16. The lowest BCUT2D eigenvalue weighted by atomic mass is 10.0. The number of anilines is 1. The van der Waals surface area contributed by atoms with Crippen LogP contribution in [0.2, 0.25) is 0 Å². The first-order valence-corrected chi connectivity index (χ1v) is 9.83. The summed E-state index contributed by atoms with van der Waals surface area (Å²) in [4.78, 5) is 30.2. The number of rotatable bonds is 5.